The van der Waals surface area contributed by atoms with Crippen LogP contribution >= 0.6 is 11.3 Å². The number of hydrogen-bond acceptors (Lipinski definition) is 6. The van der Waals surface area contributed by atoms with Crippen molar-refractivity contribution in [3.8, 4) is 5.75 Å². The first kappa shape index (κ1) is 18.7. The Morgan fingerprint density at radius 3 is 2.89 bits per heavy atom. The lowest BCUT2D eigenvalue weighted by Crippen LogP contribution is -2.05. The van der Waals surface area contributed by atoms with Crippen LogP contribution in [-0.2, 0) is 19.3 Å². The van der Waals surface area contributed by atoms with Gasteiger partial charge in [-0.3, -0.25) is 5.43 Å². The fourth-order valence-electron chi connectivity index (χ4n) is 3.39. The number of nitrogens with zero attached hydrogens (tertiary/aromatic N) is 3. The Labute approximate surface area is 165 Å². The van der Waals surface area contributed by atoms with Gasteiger partial charge in [-0.1, -0.05) is 19.1 Å². The number of nitrogens with one attached hydrogen (secondary N) is 1. The van der Waals surface area contributed by atoms with Gasteiger partial charge in [-0.2, -0.15) is 13.9 Å². The van der Waals surface area contributed by atoms with Crippen molar-refractivity contribution in [1.82, 2.24) is 9.97 Å². The Balaban J connectivity index is 1.66. The highest BCUT2D eigenvalue weighted by Crippen LogP contribution is 2.38. The summed E-state index contributed by atoms with van der Waals surface area (Å²) >= 11 is 1.74. The lowest BCUT2D eigenvalue weighted by molar-refractivity contribution is -0.0499. The molecule has 1 aromatic carbocycles. The molecule has 28 heavy (non-hydrogen) atoms. The van der Waals surface area contributed by atoms with Gasteiger partial charge in [0.1, 0.15) is 16.4 Å². The number of aromatic nitrogens is 2. The van der Waals surface area contributed by atoms with E-state index in [-0.39, 0.29) is 5.75 Å². The summed E-state index contributed by atoms with van der Waals surface area (Å²) < 4.78 is 29.7. The molecule has 1 aliphatic carbocycles. The maximum atomic E-state index is 12.6. The highest BCUT2D eigenvalue weighted by molar-refractivity contribution is 7.19. The molecule has 2 aromatic heterocycles. The molecular formula is C20H20F2N4OS. The Hall–Kier alpha value is -2.61. The first-order chi connectivity index (χ1) is 13.7. The summed E-state index contributed by atoms with van der Waals surface area (Å²) in [7, 11) is 0. The number of alkyl halides is 2. The lowest BCUT2D eigenvalue weighted by atomic mass is 9.97. The first-order valence-electron chi connectivity index (χ1n) is 9.29. The fraction of sp³-hybridized carbons (Fsp3) is 0.350. The van der Waals surface area contributed by atoms with Gasteiger partial charge in [0.2, 0.25) is 0 Å². The summed E-state index contributed by atoms with van der Waals surface area (Å²) in [4.78, 5) is 11.7. The van der Waals surface area contributed by atoms with Gasteiger partial charge < -0.3 is 4.74 Å². The summed E-state index contributed by atoms with van der Waals surface area (Å²) in [6.45, 7) is -0.868. The van der Waals surface area contributed by atoms with E-state index in [0.717, 1.165) is 41.7 Å². The average molecular weight is 402 g/mol. The zero-order valence-electron chi connectivity index (χ0n) is 15.4. The molecule has 4 rings (SSSR count). The number of hydrazone groups is 1. The van der Waals surface area contributed by atoms with Crippen molar-refractivity contribution >= 4 is 33.6 Å². The van der Waals surface area contributed by atoms with E-state index in [2.05, 4.69) is 25.2 Å². The Morgan fingerprint density at radius 1 is 1.25 bits per heavy atom. The average Bonchev–Trinajstić information content (AvgIpc) is 3.07. The molecule has 8 heteroatoms. The molecule has 1 aliphatic rings. The van der Waals surface area contributed by atoms with E-state index < -0.39 is 6.61 Å². The molecular weight excluding hydrogens is 382 g/mol. The number of aryl methyl sites for hydroxylation is 3. The first-order valence-corrected chi connectivity index (χ1v) is 10.1. The second kappa shape index (κ2) is 8.18. The highest BCUT2D eigenvalue weighted by Gasteiger charge is 2.20. The quantitative estimate of drug-likeness (QED) is 0.456. The SMILES string of the molecule is CCc1nc(N/N=C\c2ccccc2OC(F)F)c2c3c(sc2n1)CCCC3. The maximum Gasteiger partial charge on any atom is 0.387 e. The number of anilines is 1. The number of thiophene rings is 1. The number of para-hydroxylation sites is 1. The normalized spacial score (nSPS) is 14.0. The maximum absolute atomic E-state index is 12.6. The predicted molar refractivity (Wildman–Crippen MR) is 108 cm³/mol. The van der Waals surface area contributed by atoms with E-state index in [9.17, 15) is 8.78 Å². The van der Waals surface area contributed by atoms with E-state index in [1.807, 2.05) is 6.92 Å². The molecule has 0 unspecified atom stereocenters. The second-order valence-corrected chi connectivity index (χ2v) is 7.60. The van der Waals surface area contributed by atoms with Crippen LogP contribution in [-0.4, -0.2) is 22.8 Å². The predicted octanol–water partition coefficient (Wildman–Crippen LogP) is 5.18. The van der Waals surface area contributed by atoms with Gasteiger partial charge in [0.25, 0.3) is 0 Å². The molecule has 0 spiro atoms. The Bertz CT molecular complexity index is 1020. The largest absolute Gasteiger partial charge is 0.434 e. The van der Waals surface area contributed by atoms with Crippen molar-refractivity contribution in [2.45, 2.75) is 45.6 Å². The summed E-state index contributed by atoms with van der Waals surface area (Å²) in [6.07, 6.45) is 6.66. The van der Waals surface area contributed by atoms with E-state index in [4.69, 9.17) is 0 Å². The number of benzene rings is 1. The molecule has 0 radical (unpaired) electrons. The van der Waals surface area contributed by atoms with Crippen molar-refractivity contribution in [2.75, 3.05) is 5.43 Å². The van der Waals surface area contributed by atoms with Gasteiger partial charge in [0.05, 0.1) is 11.6 Å². The minimum Gasteiger partial charge on any atom is -0.434 e. The molecule has 3 aromatic rings. The van der Waals surface area contributed by atoms with Crippen LogP contribution in [0.25, 0.3) is 10.2 Å². The molecule has 0 atom stereocenters. The zero-order chi connectivity index (χ0) is 19.5. The number of ether oxygens (including phenoxy) is 1. The van der Waals surface area contributed by atoms with Crippen molar-refractivity contribution in [1.29, 1.82) is 0 Å². The third-order valence-electron chi connectivity index (χ3n) is 4.69. The van der Waals surface area contributed by atoms with Crippen molar-refractivity contribution in [3.63, 3.8) is 0 Å². The molecule has 0 fully saturated rings. The topological polar surface area (TPSA) is 59.4 Å². The molecule has 0 bridgehead atoms. The Morgan fingerprint density at radius 2 is 2.07 bits per heavy atom. The summed E-state index contributed by atoms with van der Waals surface area (Å²) in [5.74, 6) is 1.51. The summed E-state index contributed by atoms with van der Waals surface area (Å²) in [5, 5.41) is 5.28. The standard InChI is InChI=1S/C20H20F2N4OS/c1-2-16-24-18(17-13-8-4-6-10-15(13)28-19(17)25-16)26-23-11-12-7-3-5-9-14(12)27-20(21)22/h3,5,7,9,11,20H,2,4,6,8,10H2,1H3,(H,24,25,26)/b23-11-. The molecule has 2 heterocycles. The molecule has 0 aliphatic heterocycles. The van der Waals surface area contributed by atoms with Gasteiger partial charge >= 0.3 is 6.61 Å². The van der Waals surface area contributed by atoms with Gasteiger partial charge in [-0.15, -0.1) is 11.3 Å². The van der Waals surface area contributed by atoms with Crippen molar-refractivity contribution < 1.29 is 13.5 Å². The molecule has 0 saturated carbocycles. The third kappa shape index (κ3) is 3.82. The van der Waals surface area contributed by atoms with Crippen LogP contribution in [0, 0.1) is 0 Å². The van der Waals surface area contributed by atoms with Crippen LogP contribution in [0.4, 0.5) is 14.6 Å². The van der Waals surface area contributed by atoms with E-state index in [1.165, 1.54) is 29.1 Å². The van der Waals surface area contributed by atoms with Crippen LogP contribution in [0.2, 0.25) is 0 Å². The van der Waals surface area contributed by atoms with Gasteiger partial charge in [-0.25, -0.2) is 9.97 Å². The third-order valence-corrected chi connectivity index (χ3v) is 5.87. The van der Waals surface area contributed by atoms with Crippen LogP contribution < -0.4 is 10.2 Å². The minimum absolute atomic E-state index is 0.0815. The van der Waals surface area contributed by atoms with Gasteiger partial charge in [0, 0.05) is 16.9 Å². The second-order valence-electron chi connectivity index (χ2n) is 6.52. The lowest BCUT2D eigenvalue weighted by Gasteiger charge is -2.12. The van der Waals surface area contributed by atoms with Crippen LogP contribution in [0.15, 0.2) is 29.4 Å². The number of hydrogen-bond donors (Lipinski definition) is 1. The zero-order valence-corrected chi connectivity index (χ0v) is 16.2. The molecule has 146 valence electrons. The summed E-state index contributed by atoms with van der Waals surface area (Å²) in [5.41, 5.74) is 4.78. The van der Waals surface area contributed by atoms with E-state index in [0.29, 0.717) is 11.4 Å². The van der Waals surface area contributed by atoms with Gasteiger partial charge in [0.15, 0.2) is 5.82 Å². The van der Waals surface area contributed by atoms with Crippen molar-refractivity contribution in [3.05, 3.63) is 46.1 Å². The monoisotopic (exact) mass is 402 g/mol. The van der Waals surface area contributed by atoms with Crippen LogP contribution in [0.3, 0.4) is 0 Å². The smallest absolute Gasteiger partial charge is 0.387 e. The number of halogens is 2. The van der Waals surface area contributed by atoms with Crippen molar-refractivity contribution in [2.24, 2.45) is 5.10 Å². The fourth-order valence-corrected chi connectivity index (χ4v) is 4.67. The molecule has 1 N–H and O–H groups in total. The Kier molecular flexibility index (Phi) is 5.47. The minimum atomic E-state index is -2.88. The molecule has 0 amide bonds. The highest BCUT2D eigenvalue weighted by atomic mass is 32.1. The van der Waals surface area contributed by atoms with Crippen LogP contribution in [0.5, 0.6) is 5.75 Å². The number of fused-ring (bicyclic) bond motifs is 3. The van der Waals surface area contributed by atoms with E-state index in [1.54, 1.807) is 29.5 Å². The van der Waals surface area contributed by atoms with Gasteiger partial charge in [-0.05, 0) is 43.4 Å². The summed E-state index contributed by atoms with van der Waals surface area (Å²) in [6, 6.07) is 6.54. The van der Waals surface area contributed by atoms with Crippen LogP contribution in [0.1, 0.15) is 41.6 Å². The molecule has 5 nitrogen and oxygen atoms in total. The number of rotatable bonds is 6. The van der Waals surface area contributed by atoms with E-state index >= 15 is 0 Å². The molecule has 0 saturated heterocycles.